The van der Waals surface area contributed by atoms with Gasteiger partial charge < -0.3 is 70.0 Å². The maximum atomic E-state index is 10.8. The van der Waals surface area contributed by atoms with Gasteiger partial charge in [-0.05, 0) is 0 Å². The number of hydrogen-bond donors (Lipinski definition) is 10. The zero-order valence-electron chi connectivity index (χ0n) is 17.4. The van der Waals surface area contributed by atoms with E-state index in [2.05, 4.69) is 0 Å². The Morgan fingerprint density at radius 1 is 0.667 bits per heavy atom. The lowest BCUT2D eigenvalue weighted by molar-refractivity contribution is -0.337. The molecule has 0 bridgehead atoms. The van der Waals surface area contributed by atoms with Gasteiger partial charge in [-0.15, -0.1) is 11.8 Å². The fraction of sp³-hybridized carbons (Fsp3) is 1.00. The third-order valence-electron chi connectivity index (χ3n) is 6.01. The molecule has 0 aromatic carbocycles. The topological polar surface area (TPSA) is 239 Å². The monoisotopic (exact) mass is 504 g/mol. The van der Waals surface area contributed by atoms with Crippen molar-refractivity contribution in [1.29, 1.82) is 0 Å². The molecular formula is C18H32O14S. The van der Waals surface area contributed by atoms with Crippen molar-refractivity contribution >= 4 is 11.8 Å². The Bertz CT molecular complexity index is 615. The minimum absolute atomic E-state index is 0.195. The van der Waals surface area contributed by atoms with Gasteiger partial charge in [0.05, 0.1) is 43.9 Å². The molecular weight excluding hydrogens is 472 g/mol. The van der Waals surface area contributed by atoms with Crippen molar-refractivity contribution in [2.75, 3.05) is 26.4 Å². The van der Waals surface area contributed by atoms with Gasteiger partial charge in [-0.2, -0.15) is 0 Å². The molecule has 0 aliphatic carbocycles. The van der Waals surface area contributed by atoms with E-state index in [4.69, 9.17) is 18.9 Å². The number of thioether (sulfide) groups is 1. The van der Waals surface area contributed by atoms with Crippen LogP contribution in [-0.2, 0) is 18.9 Å². The summed E-state index contributed by atoms with van der Waals surface area (Å²) >= 11 is 0.780. The number of ether oxygens (including phenoxy) is 4. The van der Waals surface area contributed by atoms with Crippen LogP contribution in [0.2, 0.25) is 0 Å². The molecule has 3 rings (SSSR count). The van der Waals surface area contributed by atoms with E-state index >= 15 is 0 Å². The third kappa shape index (κ3) is 5.63. The number of aliphatic hydroxyl groups excluding tert-OH is 10. The second-order valence-electron chi connectivity index (χ2n) is 8.22. The number of aliphatic hydroxyl groups is 10. The lowest BCUT2D eigenvalue weighted by Crippen LogP contribution is -2.64. The summed E-state index contributed by atoms with van der Waals surface area (Å²) in [6.07, 6.45) is -17.7. The highest BCUT2D eigenvalue weighted by Gasteiger charge is 2.52. The molecule has 0 unspecified atom stereocenters. The largest absolute Gasteiger partial charge is 0.394 e. The van der Waals surface area contributed by atoms with Crippen LogP contribution in [0.1, 0.15) is 0 Å². The Morgan fingerprint density at radius 3 is 1.88 bits per heavy atom. The summed E-state index contributed by atoms with van der Waals surface area (Å²) in [6, 6.07) is 0. The highest BCUT2D eigenvalue weighted by Crippen LogP contribution is 2.37. The molecule has 33 heavy (non-hydrogen) atoms. The van der Waals surface area contributed by atoms with Gasteiger partial charge in [0.2, 0.25) is 0 Å². The maximum Gasteiger partial charge on any atom is 0.187 e. The molecule has 15 heteroatoms. The highest BCUT2D eigenvalue weighted by atomic mass is 32.2. The Kier molecular flexibility index (Phi) is 9.69. The first-order valence-corrected chi connectivity index (χ1v) is 11.4. The molecule has 0 aromatic heterocycles. The smallest absolute Gasteiger partial charge is 0.187 e. The average Bonchev–Trinajstić information content (AvgIpc) is 2.80. The van der Waals surface area contributed by atoms with Crippen LogP contribution in [0.15, 0.2) is 0 Å². The van der Waals surface area contributed by atoms with Gasteiger partial charge in [-0.25, -0.2) is 0 Å². The lowest BCUT2D eigenvalue weighted by Gasteiger charge is -2.47. The predicted octanol–water partition coefficient (Wildman–Crippen LogP) is -6.17. The van der Waals surface area contributed by atoms with Crippen LogP contribution in [0.5, 0.6) is 0 Å². The van der Waals surface area contributed by atoms with Crippen LogP contribution in [0.3, 0.4) is 0 Å². The summed E-state index contributed by atoms with van der Waals surface area (Å²) in [5.41, 5.74) is -1.26. The summed E-state index contributed by atoms with van der Waals surface area (Å²) in [6.45, 7) is -2.12. The van der Waals surface area contributed by atoms with Crippen molar-refractivity contribution in [3.63, 3.8) is 0 Å². The second-order valence-corrected chi connectivity index (χ2v) is 9.50. The molecule has 0 aromatic rings. The molecule has 14 nitrogen and oxygen atoms in total. The van der Waals surface area contributed by atoms with E-state index in [1.165, 1.54) is 0 Å². The molecule has 0 spiro atoms. The van der Waals surface area contributed by atoms with E-state index in [9.17, 15) is 51.1 Å². The third-order valence-corrected chi connectivity index (χ3v) is 7.58. The van der Waals surface area contributed by atoms with Gasteiger partial charge in [0.15, 0.2) is 6.29 Å². The van der Waals surface area contributed by atoms with Crippen LogP contribution in [0.25, 0.3) is 0 Å². The number of hydrogen-bond acceptors (Lipinski definition) is 15. The van der Waals surface area contributed by atoms with Crippen LogP contribution in [-0.4, -0.2) is 162 Å². The maximum absolute atomic E-state index is 10.8. The molecule has 3 aliphatic heterocycles. The van der Waals surface area contributed by atoms with Gasteiger partial charge >= 0.3 is 0 Å². The standard InChI is InChI=1S/C18H32O14S/c19-1-6-11(25)16(5(22)4-29-6)33-18-14(28)15(10(24)8(3-21)31-18)32-17-13(27)12(26)9(23)7(2-20)30-17/h5-28H,1-4H2/t5-,6+,7+,8+,9+,10+,11+,12-,13+,14+,15-,16+,17-,18-/m0/s1. The van der Waals surface area contributed by atoms with Crippen molar-refractivity contribution in [1.82, 2.24) is 0 Å². The molecule has 194 valence electrons. The first-order valence-electron chi connectivity index (χ1n) is 10.5. The first kappa shape index (κ1) is 27.4. The fourth-order valence-electron chi connectivity index (χ4n) is 4.00. The molecule has 3 fully saturated rings. The second kappa shape index (κ2) is 11.7. The fourth-order valence-corrected chi connectivity index (χ4v) is 5.43. The molecule has 3 aliphatic rings. The van der Waals surface area contributed by atoms with Crippen molar-refractivity contribution in [3.8, 4) is 0 Å². The summed E-state index contributed by atoms with van der Waals surface area (Å²) in [7, 11) is 0. The first-order chi connectivity index (χ1) is 15.6. The Labute approximate surface area is 192 Å². The highest BCUT2D eigenvalue weighted by molar-refractivity contribution is 8.00. The molecule has 3 saturated heterocycles. The van der Waals surface area contributed by atoms with Crippen molar-refractivity contribution in [2.45, 2.75) is 84.1 Å². The van der Waals surface area contributed by atoms with E-state index in [1.54, 1.807) is 0 Å². The quantitative estimate of drug-likeness (QED) is 0.155. The number of rotatable bonds is 7. The predicted molar refractivity (Wildman–Crippen MR) is 107 cm³/mol. The van der Waals surface area contributed by atoms with Gasteiger partial charge in [-0.3, -0.25) is 0 Å². The van der Waals surface area contributed by atoms with E-state index in [0.717, 1.165) is 11.8 Å². The van der Waals surface area contributed by atoms with E-state index in [0.29, 0.717) is 0 Å². The zero-order chi connectivity index (χ0) is 24.4. The molecule has 14 atom stereocenters. The van der Waals surface area contributed by atoms with Gasteiger partial charge in [0.1, 0.15) is 60.4 Å². The van der Waals surface area contributed by atoms with E-state index in [-0.39, 0.29) is 6.61 Å². The van der Waals surface area contributed by atoms with Crippen molar-refractivity contribution in [2.24, 2.45) is 0 Å². The minimum atomic E-state index is -1.80. The summed E-state index contributed by atoms with van der Waals surface area (Å²) < 4.78 is 21.5. The van der Waals surface area contributed by atoms with Crippen molar-refractivity contribution < 1.29 is 70.0 Å². The van der Waals surface area contributed by atoms with Crippen molar-refractivity contribution in [3.05, 3.63) is 0 Å². The van der Waals surface area contributed by atoms with Crippen LogP contribution in [0, 0.1) is 0 Å². The molecule has 3 heterocycles. The van der Waals surface area contributed by atoms with Crippen LogP contribution in [0.4, 0.5) is 0 Å². The molecule has 0 amide bonds. The average molecular weight is 505 g/mol. The molecule has 10 N–H and O–H groups in total. The Hall–Kier alpha value is -0.210. The normalized spacial score (nSPS) is 51.5. The lowest BCUT2D eigenvalue weighted by atomic mass is 9.97. The molecule has 0 saturated carbocycles. The van der Waals surface area contributed by atoms with E-state index in [1.807, 2.05) is 0 Å². The minimum Gasteiger partial charge on any atom is -0.394 e. The van der Waals surface area contributed by atoms with Gasteiger partial charge in [0, 0.05) is 0 Å². The van der Waals surface area contributed by atoms with Gasteiger partial charge in [-0.1, -0.05) is 0 Å². The van der Waals surface area contributed by atoms with Crippen LogP contribution < -0.4 is 0 Å². The summed E-state index contributed by atoms with van der Waals surface area (Å²) in [4.78, 5) is 0. The Morgan fingerprint density at radius 2 is 1.27 bits per heavy atom. The SMILES string of the molecule is OC[C@H]1O[C@@H](O[C@@H]2[C@@H](O)[C@H](S[C@H]3[C@H](O)[C@@H](CO)OC[C@@H]3O)O[C@H](CO)[C@H]2O)[C@H](O)[C@@H](O)[C@@H]1O. The zero-order valence-corrected chi connectivity index (χ0v) is 18.2. The molecule has 0 radical (unpaired) electrons. The summed E-state index contributed by atoms with van der Waals surface area (Å²) in [5.74, 6) is 0. The Balaban J connectivity index is 1.76. The van der Waals surface area contributed by atoms with Crippen LogP contribution >= 0.6 is 11.8 Å². The van der Waals surface area contributed by atoms with Gasteiger partial charge in [0.25, 0.3) is 0 Å². The van der Waals surface area contributed by atoms with E-state index < -0.39 is 104 Å². The summed E-state index contributed by atoms with van der Waals surface area (Å²) in [5, 5.41) is 99.4.